The summed E-state index contributed by atoms with van der Waals surface area (Å²) in [4.78, 5) is 38.7. The van der Waals surface area contributed by atoms with E-state index in [4.69, 9.17) is 0 Å². The fourth-order valence-corrected chi connectivity index (χ4v) is 4.75. The van der Waals surface area contributed by atoms with Gasteiger partial charge in [0.15, 0.2) is 0 Å². The van der Waals surface area contributed by atoms with Crippen LogP contribution in [0.5, 0.6) is 0 Å². The van der Waals surface area contributed by atoms with Gasteiger partial charge >= 0.3 is 6.18 Å². The average molecular weight is 608 g/mol. The largest absolute Gasteiger partial charge is 0.416 e. The minimum absolute atomic E-state index is 0.213. The lowest BCUT2D eigenvalue weighted by Gasteiger charge is -2.13. The number of hydrogen-bond donors (Lipinski definition) is 3. The first-order valence-corrected chi connectivity index (χ1v) is 14.0. The third kappa shape index (κ3) is 7.64. The van der Waals surface area contributed by atoms with Crippen LogP contribution in [-0.2, 0) is 12.7 Å². The van der Waals surface area contributed by atoms with Crippen molar-refractivity contribution in [2.45, 2.75) is 19.6 Å². The second kappa shape index (κ2) is 13.3. The highest BCUT2D eigenvalue weighted by Crippen LogP contribution is 2.32. The SMILES string of the molecule is Cc1cc(CNC(=O)c2cccc(NC(=O)c3ccccc3-c3ccc(C(F)(F)F)cc3)c2)ccc1NC(=O)c1ccccc1. The van der Waals surface area contributed by atoms with Crippen molar-refractivity contribution in [2.24, 2.45) is 0 Å². The fourth-order valence-electron chi connectivity index (χ4n) is 4.75. The highest BCUT2D eigenvalue weighted by molar-refractivity contribution is 6.09. The zero-order valence-electron chi connectivity index (χ0n) is 24.1. The van der Waals surface area contributed by atoms with Gasteiger partial charge < -0.3 is 16.0 Å². The molecule has 0 aliphatic carbocycles. The number of aryl methyl sites for hydroxylation is 1. The molecule has 45 heavy (non-hydrogen) atoms. The van der Waals surface area contributed by atoms with Gasteiger partial charge in [-0.05, 0) is 83.8 Å². The predicted molar refractivity (Wildman–Crippen MR) is 168 cm³/mol. The number of nitrogens with one attached hydrogen (secondary N) is 3. The number of alkyl halides is 3. The van der Waals surface area contributed by atoms with Crippen molar-refractivity contribution in [3.8, 4) is 11.1 Å². The molecular formula is C36H28F3N3O3. The van der Waals surface area contributed by atoms with Gasteiger partial charge in [-0.25, -0.2) is 0 Å². The molecule has 0 bridgehead atoms. The molecule has 0 saturated heterocycles. The highest BCUT2D eigenvalue weighted by atomic mass is 19.4. The molecule has 0 spiro atoms. The molecule has 226 valence electrons. The highest BCUT2D eigenvalue weighted by Gasteiger charge is 2.30. The quantitative estimate of drug-likeness (QED) is 0.167. The summed E-state index contributed by atoms with van der Waals surface area (Å²) in [6.45, 7) is 2.11. The molecule has 0 fully saturated rings. The van der Waals surface area contributed by atoms with E-state index >= 15 is 0 Å². The maximum Gasteiger partial charge on any atom is 0.416 e. The maximum absolute atomic E-state index is 13.2. The van der Waals surface area contributed by atoms with E-state index in [1.165, 1.54) is 12.1 Å². The Balaban J connectivity index is 1.22. The Morgan fingerprint density at radius 1 is 0.644 bits per heavy atom. The van der Waals surface area contributed by atoms with Crippen LogP contribution < -0.4 is 16.0 Å². The van der Waals surface area contributed by atoms with Gasteiger partial charge in [0.25, 0.3) is 17.7 Å². The number of rotatable bonds is 8. The van der Waals surface area contributed by atoms with Gasteiger partial charge in [-0.3, -0.25) is 14.4 Å². The Hall–Kier alpha value is -5.70. The third-order valence-corrected chi connectivity index (χ3v) is 7.11. The number of hydrogen-bond acceptors (Lipinski definition) is 3. The van der Waals surface area contributed by atoms with Crippen LogP contribution in [0.25, 0.3) is 11.1 Å². The number of benzene rings is 5. The van der Waals surface area contributed by atoms with E-state index in [0.29, 0.717) is 33.6 Å². The lowest BCUT2D eigenvalue weighted by molar-refractivity contribution is -0.137. The number of carbonyl (C=O) groups is 3. The first kappa shape index (κ1) is 30.7. The summed E-state index contributed by atoms with van der Waals surface area (Å²) in [6.07, 6.45) is -4.46. The summed E-state index contributed by atoms with van der Waals surface area (Å²) in [7, 11) is 0. The third-order valence-electron chi connectivity index (χ3n) is 7.11. The van der Waals surface area contributed by atoms with Crippen LogP contribution in [0.3, 0.4) is 0 Å². The molecule has 9 heteroatoms. The molecule has 0 aliphatic rings. The van der Waals surface area contributed by atoms with Gasteiger partial charge in [-0.15, -0.1) is 0 Å². The van der Waals surface area contributed by atoms with Gasteiger partial charge in [-0.1, -0.05) is 66.7 Å². The zero-order valence-corrected chi connectivity index (χ0v) is 24.1. The van der Waals surface area contributed by atoms with E-state index in [2.05, 4.69) is 16.0 Å². The smallest absolute Gasteiger partial charge is 0.348 e. The zero-order chi connectivity index (χ0) is 32.0. The van der Waals surface area contributed by atoms with Crippen molar-refractivity contribution in [2.75, 3.05) is 10.6 Å². The molecule has 0 saturated carbocycles. The number of carbonyl (C=O) groups excluding carboxylic acids is 3. The number of anilines is 2. The van der Waals surface area contributed by atoms with Crippen molar-refractivity contribution in [1.82, 2.24) is 5.32 Å². The summed E-state index contributed by atoms with van der Waals surface area (Å²) in [5.74, 6) is -1.04. The van der Waals surface area contributed by atoms with E-state index in [1.807, 2.05) is 25.1 Å². The topological polar surface area (TPSA) is 87.3 Å². The number of amides is 3. The minimum Gasteiger partial charge on any atom is -0.348 e. The molecule has 0 atom stereocenters. The summed E-state index contributed by atoms with van der Waals surface area (Å²) >= 11 is 0. The molecule has 0 aliphatic heterocycles. The molecule has 0 unspecified atom stereocenters. The minimum atomic E-state index is -4.46. The van der Waals surface area contributed by atoms with Crippen LogP contribution >= 0.6 is 0 Å². The van der Waals surface area contributed by atoms with Crippen LogP contribution in [0.2, 0.25) is 0 Å². The van der Waals surface area contributed by atoms with Crippen LogP contribution in [0.15, 0.2) is 121 Å². The Morgan fingerprint density at radius 2 is 1.33 bits per heavy atom. The van der Waals surface area contributed by atoms with E-state index < -0.39 is 17.6 Å². The van der Waals surface area contributed by atoms with Crippen molar-refractivity contribution < 1.29 is 27.6 Å². The average Bonchev–Trinajstić information content (AvgIpc) is 3.05. The van der Waals surface area contributed by atoms with Crippen LogP contribution in [0, 0.1) is 6.92 Å². The first-order valence-electron chi connectivity index (χ1n) is 14.0. The Bertz CT molecular complexity index is 1850. The lowest BCUT2D eigenvalue weighted by atomic mass is 9.98. The van der Waals surface area contributed by atoms with Crippen LogP contribution in [0.1, 0.15) is 47.8 Å². The molecule has 5 aromatic rings. The fraction of sp³-hybridized carbons (Fsp3) is 0.0833. The van der Waals surface area contributed by atoms with Crippen molar-refractivity contribution >= 4 is 29.1 Å². The number of halogens is 3. The van der Waals surface area contributed by atoms with Crippen LogP contribution in [-0.4, -0.2) is 17.7 Å². The molecule has 0 radical (unpaired) electrons. The standard InChI is InChI=1S/C36H28F3N3O3/c1-23-20-24(14-19-32(23)42-34(44)26-8-3-2-4-9-26)22-40-33(43)27-10-7-11-29(21-27)41-35(45)31-13-6-5-12-30(31)25-15-17-28(18-16-25)36(37,38)39/h2-21H,22H2,1H3,(H,40,43)(H,41,45)(H,42,44). The molecule has 5 rings (SSSR count). The maximum atomic E-state index is 13.2. The van der Waals surface area contributed by atoms with E-state index in [0.717, 1.165) is 23.3 Å². The summed E-state index contributed by atoms with van der Waals surface area (Å²) in [5.41, 5.74) is 4.03. The molecule has 0 aromatic heterocycles. The second-order valence-electron chi connectivity index (χ2n) is 10.3. The molecule has 6 nitrogen and oxygen atoms in total. The summed E-state index contributed by atoms with van der Waals surface area (Å²) < 4.78 is 39.0. The van der Waals surface area contributed by atoms with E-state index in [-0.39, 0.29) is 23.9 Å². The second-order valence-corrected chi connectivity index (χ2v) is 10.3. The molecular weight excluding hydrogens is 579 g/mol. The van der Waals surface area contributed by atoms with E-state index in [9.17, 15) is 27.6 Å². The summed E-state index contributed by atoms with van der Waals surface area (Å²) in [5, 5.41) is 8.54. The molecule has 0 heterocycles. The molecule has 3 amide bonds. The normalized spacial score (nSPS) is 11.0. The monoisotopic (exact) mass is 607 g/mol. The van der Waals surface area contributed by atoms with Gasteiger partial charge in [0.1, 0.15) is 0 Å². The Morgan fingerprint density at radius 3 is 2.04 bits per heavy atom. The van der Waals surface area contributed by atoms with Gasteiger partial charge in [-0.2, -0.15) is 13.2 Å². The van der Waals surface area contributed by atoms with Crippen molar-refractivity contribution in [1.29, 1.82) is 0 Å². The molecule has 3 N–H and O–H groups in total. The first-order chi connectivity index (χ1) is 21.6. The van der Waals surface area contributed by atoms with Crippen molar-refractivity contribution in [3.05, 3.63) is 155 Å². The predicted octanol–water partition coefficient (Wildman–Crippen LogP) is 8.12. The van der Waals surface area contributed by atoms with Crippen LogP contribution in [0.4, 0.5) is 24.5 Å². The van der Waals surface area contributed by atoms with Gasteiger partial charge in [0.2, 0.25) is 0 Å². The Labute approximate surface area is 257 Å². The van der Waals surface area contributed by atoms with E-state index in [1.54, 1.807) is 78.9 Å². The van der Waals surface area contributed by atoms with Gasteiger partial charge in [0.05, 0.1) is 5.56 Å². The van der Waals surface area contributed by atoms with Gasteiger partial charge in [0, 0.05) is 34.6 Å². The lowest BCUT2D eigenvalue weighted by Crippen LogP contribution is -2.23. The Kier molecular flexibility index (Phi) is 9.09. The van der Waals surface area contributed by atoms with Crippen molar-refractivity contribution in [3.63, 3.8) is 0 Å². The molecule has 5 aromatic carbocycles. The summed E-state index contributed by atoms with van der Waals surface area (Å²) in [6, 6.07) is 32.0.